The number of ether oxygens (including phenoxy) is 3. The van der Waals surface area contributed by atoms with Crippen LogP contribution >= 0.6 is 0 Å². The van der Waals surface area contributed by atoms with Gasteiger partial charge in [0, 0.05) is 19.3 Å². The molecule has 0 saturated heterocycles. The Labute approximate surface area is 389 Å². The summed E-state index contributed by atoms with van der Waals surface area (Å²) >= 11 is 0. The van der Waals surface area contributed by atoms with Crippen LogP contribution in [0.15, 0.2) is 72.9 Å². The smallest absolute Gasteiger partial charge is 0.306 e. The molecule has 0 bridgehead atoms. The Kier molecular flexibility index (Phi) is 48.9. The van der Waals surface area contributed by atoms with Crippen LogP contribution in [0.25, 0.3) is 0 Å². The lowest BCUT2D eigenvalue weighted by molar-refractivity contribution is -0.167. The van der Waals surface area contributed by atoms with E-state index in [0.717, 1.165) is 83.5 Å². The molecule has 0 N–H and O–H groups in total. The number of carbonyl (C=O) groups is 3. The second-order valence-corrected chi connectivity index (χ2v) is 17.4. The van der Waals surface area contributed by atoms with Crippen molar-refractivity contribution in [2.45, 2.75) is 258 Å². The van der Waals surface area contributed by atoms with Crippen LogP contribution in [0.5, 0.6) is 0 Å². The zero-order valence-corrected chi connectivity index (χ0v) is 41.3. The van der Waals surface area contributed by atoms with E-state index < -0.39 is 6.10 Å². The van der Waals surface area contributed by atoms with Crippen LogP contribution in [0.3, 0.4) is 0 Å². The summed E-state index contributed by atoms with van der Waals surface area (Å²) in [4.78, 5) is 37.9. The fraction of sp³-hybridized carbons (Fsp3) is 0.737. The van der Waals surface area contributed by atoms with E-state index in [4.69, 9.17) is 14.2 Å². The molecule has 6 nitrogen and oxygen atoms in total. The van der Waals surface area contributed by atoms with Crippen molar-refractivity contribution in [1.82, 2.24) is 0 Å². The van der Waals surface area contributed by atoms with Crippen LogP contribution in [0.2, 0.25) is 0 Å². The lowest BCUT2D eigenvalue weighted by atomic mass is 10.1. The van der Waals surface area contributed by atoms with Gasteiger partial charge in [-0.15, -0.1) is 0 Å². The van der Waals surface area contributed by atoms with E-state index in [9.17, 15) is 14.4 Å². The monoisotopic (exact) mass is 879 g/mol. The van der Waals surface area contributed by atoms with Crippen LogP contribution in [-0.4, -0.2) is 37.2 Å². The van der Waals surface area contributed by atoms with E-state index in [2.05, 4.69) is 93.7 Å². The highest BCUT2D eigenvalue weighted by atomic mass is 16.6. The topological polar surface area (TPSA) is 78.9 Å². The summed E-state index contributed by atoms with van der Waals surface area (Å²) in [6, 6.07) is 0. The van der Waals surface area contributed by atoms with Crippen molar-refractivity contribution in [3.05, 3.63) is 72.9 Å². The van der Waals surface area contributed by atoms with Gasteiger partial charge in [0.15, 0.2) is 6.10 Å². The summed E-state index contributed by atoms with van der Waals surface area (Å²) < 4.78 is 16.7. The van der Waals surface area contributed by atoms with Gasteiger partial charge < -0.3 is 14.2 Å². The molecule has 0 spiro atoms. The summed E-state index contributed by atoms with van der Waals surface area (Å²) in [5, 5.41) is 0. The number of hydrogen-bond acceptors (Lipinski definition) is 6. The van der Waals surface area contributed by atoms with Crippen molar-refractivity contribution in [1.29, 1.82) is 0 Å². The first-order valence-electron chi connectivity index (χ1n) is 26.4. The van der Waals surface area contributed by atoms with Crippen molar-refractivity contribution in [2.75, 3.05) is 13.2 Å². The minimum atomic E-state index is -0.807. The number of rotatable bonds is 47. The first-order valence-corrected chi connectivity index (χ1v) is 26.4. The Morgan fingerprint density at radius 3 is 1.03 bits per heavy atom. The third-order valence-electron chi connectivity index (χ3n) is 11.2. The number of allylic oxidation sites excluding steroid dienone is 12. The van der Waals surface area contributed by atoms with Crippen LogP contribution < -0.4 is 0 Å². The van der Waals surface area contributed by atoms with Gasteiger partial charge in [0.05, 0.1) is 0 Å². The molecule has 1 atom stereocenters. The van der Waals surface area contributed by atoms with Gasteiger partial charge in [-0.05, 0) is 103 Å². The van der Waals surface area contributed by atoms with E-state index >= 15 is 0 Å². The fourth-order valence-electron chi connectivity index (χ4n) is 7.12. The third-order valence-corrected chi connectivity index (χ3v) is 11.2. The van der Waals surface area contributed by atoms with E-state index in [1.807, 2.05) is 0 Å². The average molecular weight is 879 g/mol. The second-order valence-electron chi connectivity index (χ2n) is 17.4. The highest BCUT2D eigenvalue weighted by Gasteiger charge is 2.19. The Hall–Kier alpha value is -3.15. The highest BCUT2D eigenvalue weighted by Crippen LogP contribution is 2.13. The summed E-state index contributed by atoms with van der Waals surface area (Å²) in [5.41, 5.74) is 0. The van der Waals surface area contributed by atoms with Crippen LogP contribution in [0.4, 0.5) is 0 Å². The Morgan fingerprint density at radius 1 is 0.317 bits per heavy atom. The van der Waals surface area contributed by atoms with Gasteiger partial charge in [-0.3, -0.25) is 14.4 Å². The first kappa shape index (κ1) is 59.9. The Balaban J connectivity index is 4.46. The molecule has 0 fully saturated rings. The number of carbonyl (C=O) groups excluding carboxylic acids is 3. The minimum Gasteiger partial charge on any atom is -0.462 e. The highest BCUT2D eigenvalue weighted by molar-refractivity contribution is 5.71. The van der Waals surface area contributed by atoms with Gasteiger partial charge in [0.25, 0.3) is 0 Å². The van der Waals surface area contributed by atoms with Gasteiger partial charge in [-0.25, -0.2) is 0 Å². The maximum absolute atomic E-state index is 12.8. The minimum absolute atomic E-state index is 0.102. The predicted octanol–water partition coefficient (Wildman–Crippen LogP) is 17.4. The summed E-state index contributed by atoms with van der Waals surface area (Å²) in [6.45, 7) is 6.51. The Morgan fingerprint density at radius 2 is 0.603 bits per heavy atom. The van der Waals surface area contributed by atoms with Crippen molar-refractivity contribution >= 4 is 17.9 Å². The van der Waals surface area contributed by atoms with Crippen LogP contribution in [0.1, 0.15) is 252 Å². The maximum Gasteiger partial charge on any atom is 0.306 e. The predicted molar refractivity (Wildman–Crippen MR) is 270 cm³/mol. The summed E-state index contributed by atoms with van der Waals surface area (Å²) in [6.07, 6.45) is 64.6. The molecule has 0 heterocycles. The van der Waals surface area contributed by atoms with Gasteiger partial charge in [0.1, 0.15) is 13.2 Å². The molecule has 0 aliphatic rings. The molecule has 0 aromatic heterocycles. The molecule has 63 heavy (non-hydrogen) atoms. The van der Waals surface area contributed by atoms with Gasteiger partial charge in [-0.1, -0.05) is 203 Å². The third kappa shape index (κ3) is 49.7. The SMILES string of the molecule is CCCC/C=C\CCCCCCCC(=O)OC[C@@H](COC(=O)CCCCCCCCC/C=C\C/C=C\CCCCC)OC(=O)CCC/C=C\C/C=C\C/C=C\CCCCCCCC. The van der Waals surface area contributed by atoms with Gasteiger partial charge in [-0.2, -0.15) is 0 Å². The zero-order chi connectivity index (χ0) is 45.8. The molecule has 6 heteroatoms. The lowest BCUT2D eigenvalue weighted by Gasteiger charge is -2.18. The molecular formula is C57H98O6. The summed E-state index contributed by atoms with van der Waals surface area (Å²) in [5.74, 6) is -0.971. The second kappa shape index (κ2) is 51.5. The molecule has 0 radical (unpaired) electrons. The number of unbranched alkanes of at least 4 members (excludes halogenated alkanes) is 24. The normalized spacial score (nSPS) is 12.6. The molecule has 0 rings (SSSR count). The molecule has 0 unspecified atom stereocenters. The Bertz CT molecular complexity index is 1190. The average Bonchev–Trinajstić information content (AvgIpc) is 3.28. The fourth-order valence-corrected chi connectivity index (χ4v) is 7.12. The number of esters is 3. The van der Waals surface area contributed by atoms with Crippen molar-refractivity contribution in [3.8, 4) is 0 Å². The largest absolute Gasteiger partial charge is 0.462 e. The van der Waals surface area contributed by atoms with E-state index in [1.54, 1.807) is 0 Å². The molecule has 362 valence electrons. The van der Waals surface area contributed by atoms with E-state index in [-0.39, 0.29) is 37.5 Å². The molecule has 0 amide bonds. The molecule has 0 saturated carbocycles. The molecule has 0 aliphatic carbocycles. The zero-order valence-electron chi connectivity index (χ0n) is 41.3. The maximum atomic E-state index is 12.8. The quantitative estimate of drug-likeness (QED) is 0.0262. The van der Waals surface area contributed by atoms with Crippen molar-refractivity contribution in [3.63, 3.8) is 0 Å². The standard InChI is InChI=1S/C57H98O6/c1-4-7-10-13-16-19-22-24-26-28-30-32-35-38-41-44-47-50-56(59)62-53-54(52-61-55(58)49-46-43-40-37-34-21-18-15-12-9-6-3)63-57(60)51-48-45-42-39-36-33-31-29-27-25-23-20-17-14-11-8-5-2/h15-16,18-19,24-27,31,33,39,42,54H,4-14,17,20-23,28-30,32,34-38,40-41,43-53H2,1-3H3/b18-15-,19-16-,26-24-,27-25-,33-31-,42-39-/t54-/m0/s1. The van der Waals surface area contributed by atoms with Crippen molar-refractivity contribution in [2.24, 2.45) is 0 Å². The number of hydrogen-bond donors (Lipinski definition) is 0. The molecule has 0 aromatic rings. The van der Waals surface area contributed by atoms with E-state index in [1.165, 1.54) is 122 Å². The molecule has 0 aromatic carbocycles. The van der Waals surface area contributed by atoms with Crippen LogP contribution in [0, 0.1) is 0 Å². The first-order chi connectivity index (χ1) is 31.0. The van der Waals surface area contributed by atoms with E-state index in [0.29, 0.717) is 19.3 Å². The van der Waals surface area contributed by atoms with Crippen LogP contribution in [-0.2, 0) is 28.6 Å². The summed E-state index contributed by atoms with van der Waals surface area (Å²) in [7, 11) is 0. The molecule has 0 aliphatic heterocycles. The molecular weight excluding hydrogens is 781 g/mol. The van der Waals surface area contributed by atoms with Gasteiger partial charge in [0.2, 0.25) is 0 Å². The van der Waals surface area contributed by atoms with Gasteiger partial charge >= 0.3 is 17.9 Å². The lowest BCUT2D eigenvalue weighted by Crippen LogP contribution is -2.30. The van der Waals surface area contributed by atoms with Crippen molar-refractivity contribution < 1.29 is 28.6 Å².